The smallest absolute Gasteiger partial charge is 0.267 e. The molecule has 130 valence electrons. The molecule has 4 nitrogen and oxygen atoms in total. The van der Waals surface area contributed by atoms with Crippen LogP contribution in [-0.4, -0.2) is 24.1 Å². The lowest BCUT2D eigenvalue weighted by atomic mass is 10.1. The van der Waals surface area contributed by atoms with Crippen LogP contribution in [0.4, 0.5) is 0 Å². The summed E-state index contributed by atoms with van der Waals surface area (Å²) in [7, 11) is 1.68. The molecule has 2 aromatic heterocycles. The average Bonchev–Trinajstić information content (AvgIpc) is 3.21. The minimum atomic E-state index is 0.0129. The van der Waals surface area contributed by atoms with Crippen LogP contribution in [0.25, 0.3) is 10.2 Å². The van der Waals surface area contributed by atoms with Gasteiger partial charge >= 0.3 is 0 Å². The van der Waals surface area contributed by atoms with Gasteiger partial charge in [0, 0.05) is 13.1 Å². The van der Waals surface area contributed by atoms with Gasteiger partial charge in [-0.05, 0) is 54.3 Å². The fourth-order valence-corrected chi connectivity index (χ4v) is 4.05. The fourth-order valence-electron chi connectivity index (χ4n) is 3.23. The van der Waals surface area contributed by atoms with E-state index in [4.69, 9.17) is 4.74 Å². The van der Waals surface area contributed by atoms with E-state index in [0.717, 1.165) is 35.9 Å². The van der Waals surface area contributed by atoms with Gasteiger partial charge in [0.2, 0.25) is 0 Å². The van der Waals surface area contributed by atoms with Crippen LogP contribution in [0.3, 0.4) is 0 Å². The Morgan fingerprint density at radius 3 is 2.96 bits per heavy atom. The van der Waals surface area contributed by atoms with Gasteiger partial charge in [-0.25, -0.2) is 0 Å². The monoisotopic (exact) mass is 354 g/mol. The summed E-state index contributed by atoms with van der Waals surface area (Å²) in [5.41, 5.74) is 3.08. The summed E-state index contributed by atoms with van der Waals surface area (Å²) < 4.78 is 8.76. The highest BCUT2D eigenvalue weighted by atomic mass is 32.1. The van der Waals surface area contributed by atoms with Crippen molar-refractivity contribution < 1.29 is 9.53 Å². The molecule has 1 aromatic carbocycles. The third-order valence-electron chi connectivity index (χ3n) is 4.77. The number of hydrogen-bond acceptors (Lipinski definition) is 3. The molecule has 0 saturated heterocycles. The number of nitrogens with zero attached hydrogens (tertiary/aromatic N) is 1. The number of para-hydroxylation sites is 1. The molecule has 1 saturated carbocycles. The third-order valence-corrected chi connectivity index (χ3v) is 5.62. The van der Waals surface area contributed by atoms with Crippen LogP contribution in [0.2, 0.25) is 0 Å². The van der Waals surface area contributed by atoms with Gasteiger partial charge in [-0.3, -0.25) is 4.79 Å². The number of carbonyl (C=O) groups is 1. The molecule has 25 heavy (non-hydrogen) atoms. The number of rotatable bonds is 7. The van der Waals surface area contributed by atoms with Crippen molar-refractivity contribution in [3.05, 3.63) is 53.0 Å². The van der Waals surface area contributed by atoms with E-state index in [-0.39, 0.29) is 5.91 Å². The molecular formula is C20H22N2O2S. The van der Waals surface area contributed by atoms with Gasteiger partial charge < -0.3 is 14.6 Å². The van der Waals surface area contributed by atoms with E-state index in [1.807, 2.05) is 30.3 Å². The molecule has 0 bridgehead atoms. The standard InChI is InChI=1S/C20H22N2O2S/c1-24-18-5-3-2-4-15(18)8-10-21-20(23)17-12-19-16(9-11-25-19)22(17)13-14-6-7-14/h2-5,9,11-12,14H,6-8,10,13H2,1H3,(H,21,23). The minimum absolute atomic E-state index is 0.0129. The number of amides is 1. The summed E-state index contributed by atoms with van der Waals surface area (Å²) in [5, 5.41) is 5.17. The largest absolute Gasteiger partial charge is 0.496 e. The highest BCUT2D eigenvalue weighted by molar-refractivity contribution is 7.17. The maximum atomic E-state index is 12.7. The summed E-state index contributed by atoms with van der Waals surface area (Å²) >= 11 is 1.70. The first kappa shape index (κ1) is 16.2. The minimum Gasteiger partial charge on any atom is -0.496 e. The van der Waals surface area contributed by atoms with Crippen LogP contribution in [0.1, 0.15) is 28.9 Å². The first-order valence-electron chi connectivity index (χ1n) is 8.73. The zero-order chi connectivity index (χ0) is 17.2. The van der Waals surface area contributed by atoms with Crippen LogP contribution in [-0.2, 0) is 13.0 Å². The van der Waals surface area contributed by atoms with Gasteiger partial charge in [0.15, 0.2) is 0 Å². The second kappa shape index (κ2) is 6.92. The Morgan fingerprint density at radius 2 is 2.16 bits per heavy atom. The maximum absolute atomic E-state index is 12.7. The van der Waals surface area contributed by atoms with E-state index in [0.29, 0.717) is 6.54 Å². The Morgan fingerprint density at radius 1 is 1.32 bits per heavy atom. The van der Waals surface area contributed by atoms with Gasteiger partial charge in [0.1, 0.15) is 11.4 Å². The molecule has 3 aromatic rings. The lowest BCUT2D eigenvalue weighted by Gasteiger charge is -2.11. The molecule has 1 amide bonds. The number of thiophene rings is 1. The first-order valence-corrected chi connectivity index (χ1v) is 9.61. The Bertz CT molecular complexity index is 892. The van der Waals surface area contributed by atoms with Gasteiger partial charge in [-0.1, -0.05) is 18.2 Å². The van der Waals surface area contributed by atoms with Crippen LogP contribution in [0.5, 0.6) is 5.75 Å². The average molecular weight is 354 g/mol. The van der Waals surface area contributed by atoms with E-state index >= 15 is 0 Å². The summed E-state index contributed by atoms with van der Waals surface area (Å²) in [6.45, 7) is 1.55. The molecule has 0 unspecified atom stereocenters. The number of benzene rings is 1. The predicted molar refractivity (Wildman–Crippen MR) is 102 cm³/mol. The quantitative estimate of drug-likeness (QED) is 0.694. The molecule has 1 aliphatic carbocycles. The van der Waals surface area contributed by atoms with Gasteiger partial charge in [-0.2, -0.15) is 0 Å². The van der Waals surface area contributed by atoms with E-state index in [2.05, 4.69) is 21.3 Å². The Hall–Kier alpha value is -2.27. The van der Waals surface area contributed by atoms with Gasteiger partial charge in [0.05, 0.1) is 17.3 Å². The summed E-state index contributed by atoms with van der Waals surface area (Å²) in [4.78, 5) is 12.7. The summed E-state index contributed by atoms with van der Waals surface area (Å²) in [5.74, 6) is 1.61. The van der Waals surface area contributed by atoms with Crippen molar-refractivity contribution in [2.24, 2.45) is 5.92 Å². The molecule has 1 N–H and O–H groups in total. The van der Waals surface area contributed by atoms with E-state index in [9.17, 15) is 4.79 Å². The van der Waals surface area contributed by atoms with E-state index < -0.39 is 0 Å². The van der Waals surface area contributed by atoms with Crippen molar-refractivity contribution in [1.82, 2.24) is 9.88 Å². The summed E-state index contributed by atoms with van der Waals surface area (Å²) in [6.07, 6.45) is 3.31. The highest BCUT2D eigenvalue weighted by Gasteiger charge is 2.25. The highest BCUT2D eigenvalue weighted by Crippen LogP contribution is 2.34. The molecule has 4 rings (SSSR count). The molecule has 0 radical (unpaired) electrons. The molecule has 0 spiro atoms. The Kier molecular flexibility index (Phi) is 4.49. The maximum Gasteiger partial charge on any atom is 0.267 e. The van der Waals surface area contributed by atoms with Gasteiger partial charge in [-0.15, -0.1) is 11.3 Å². The molecule has 0 atom stereocenters. The molecule has 1 fully saturated rings. The van der Waals surface area contributed by atoms with Crippen molar-refractivity contribution in [3.63, 3.8) is 0 Å². The van der Waals surface area contributed by atoms with E-state index in [1.54, 1.807) is 18.4 Å². The second-order valence-electron chi connectivity index (χ2n) is 6.57. The van der Waals surface area contributed by atoms with Crippen molar-refractivity contribution >= 4 is 27.5 Å². The number of aromatic nitrogens is 1. The zero-order valence-electron chi connectivity index (χ0n) is 14.3. The second-order valence-corrected chi connectivity index (χ2v) is 7.52. The van der Waals surface area contributed by atoms with Crippen LogP contribution < -0.4 is 10.1 Å². The fraction of sp³-hybridized carbons (Fsp3) is 0.350. The van der Waals surface area contributed by atoms with Crippen LogP contribution in [0.15, 0.2) is 41.8 Å². The van der Waals surface area contributed by atoms with Gasteiger partial charge in [0.25, 0.3) is 5.91 Å². The van der Waals surface area contributed by atoms with E-state index in [1.165, 1.54) is 23.1 Å². The third kappa shape index (κ3) is 3.42. The number of hydrogen-bond donors (Lipinski definition) is 1. The topological polar surface area (TPSA) is 43.3 Å². The molecule has 2 heterocycles. The molecule has 0 aliphatic heterocycles. The number of methoxy groups -OCH3 is 1. The lowest BCUT2D eigenvalue weighted by molar-refractivity contribution is 0.0945. The first-order chi connectivity index (χ1) is 12.3. The normalized spacial score (nSPS) is 14.0. The molecule has 5 heteroatoms. The van der Waals surface area contributed by atoms with Crippen LogP contribution in [0, 0.1) is 5.92 Å². The zero-order valence-corrected chi connectivity index (χ0v) is 15.1. The molecular weight excluding hydrogens is 332 g/mol. The number of carbonyl (C=O) groups excluding carboxylic acids is 1. The summed E-state index contributed by atoms with van der Waals surface area (Å²) in [6, 6.07) is 12.1. The number of ether oxygens (including phenoxy) is 1. The van der Waals surface area contributed by atoms with Crippen molar-refractivity contribution in [2.45, 2.75) is 25.8 Å². The molecule has 1 aliphatic rings. The van der Waals surface area contributed by atoms with Crippen LogP contribution >= 0.6 is 11.3 Å². The Balaban J connectivity index is 1.45. The lowest BCUT2D eigenvalue weighted by Crippen LogP contribution is -2.28. The Labute approximate surface area is 151 Å². The SMILES string of the molecule is COc1ccccc1CCNC(=O)c1cc2sccc2n1CC1CC1. The number of fused-ring (bicyclic) bond motifs is 1. The van der Waals surface area contributed by atoms with Crippen molar-refractivity contribution in [3.8, 4) is 5.75 Å². The van der Waals surface area contributed by atoms with Crippen molar-refractivity contribution in [2.75, 3.05) is 13.7 Å². The van der Waals surface area contributed by atoms with Crippen molar-refractivity contribution in [1.29, 1.82) is 0 Å². The predicted octanol–water partition coefficient (Wildman–Crippen LogP) is 4.09. The number of nitrogens with one attached hydrogen (secondary N) is 1.